The summed E-state index contributed by atoms with van der Waals surface area (Å²) in [5.74, 6) is 1.31. The molecule has 9 heteroatoms. The van der Waals surface area contributed by atoms with Gasteiger partial charge in [0.05, 0.1) is 19.2 Å². The molecule has 0 aliphatic heterocycles. The molecule has 0 saturated carbocycles. The van der Waals surface area contributed by atoms with Crippen LogP contribution < -0.4 is 20.1 Å². The van der Waals surface area contributed by atoms with Crippen molar-refractivity contribution >= 4 is 5.96 Å². The molecule has 2 rings (SSSR count). The highest BCUT2D eigenvalue weighted by Gasteiger charge is 2.30. The second-order valence-electron chi connectivity index (χ2n) is 6.41. The van der Waals surface area contributed by atoms with Gasteiger partial charge < -0.3 is 25.2 Å². The van der Waals surface area contributed by atoms with Gasteiger partial charge in [0.1, 0.15) is 24.2 Å². The number of methoxy groups -OCH3 is 1. The molecule has 1 unspecified atom stereocenters. The third-order valence-corrected chi connectivity index (χ3v) is 4.03. The summed E-state index contributed by atoms with van der Waals surface area (Å²) < 4.78 is 48.6. The fraction of sp³-hybridized carbons (Fsp3) is 0.381. The lowest BCUT2D eigenvalue weighted by Gasteiger charge is -2.16. The summed E-state index contributed by atoms with van der Waals surface area (Å²) in [4.78, 5) is 4.44. The molecule has 0 spiro atoms. The summed E-state index contributed by atoms with van der Waals surface area (Å²) in [7, 11) is 1.60. The molecule has 0 fully saturated rings. The molecule has 0 bridgehead atoms. The number of alkyl halides is 3. The van der Waals surface area contributed by atoms with Crippen LogP contribution in [0.2, 0.25) is 0 Å². The monoisotopic (exact) mass is 425 g/mol. The summed E-state index contributed by atoms with van der Waals surface area (Å²) in [6.45, 7) is 2.93. The Labute approximate surface area is 173 Å². The van der Waals surface area contributed by atoms with E-state index in [0.717, 1.165) is 23.4 Å². The van der Waals surface area contributed by atoms with Crippen molar-refractivity contribution in [1.82, 2.24) is 10.6 Å². The van der Waals surface area contributed by atoms with Gasteiger partial charge in [-0.3, -0.25) is 0 Å². The first-order valence-electron chi connectivity index (χ1n) is 9.45. The number of hydrogen-bond donors (Lipinski definition) is 3. The molecule has 0 aliphatic carbocycles. The summed E-state index contributed by atoms with van der Waals surface area (Å²) in [5.41, 5.74) is 0.189. The van der Waals surface area contributed by atoms with E-state index in [1.165, 1.54) is 12.1 Å². The number of ether oxygens (including phenoxy) is 2. The van der Waals surface area contributed by atoms with Crippen LogP contribution in [0.5, 0.6) is 11.5 Å². The van der Waals surface area contributed by atoms with Crippen LogP contribution in [-0.2, 0) is 12.7 Å². The lowest BCUT2D eigenvalue weighted by molar-refractivity contribution is -0.137. The Kier molecular flexibility index (Phi) is 8.79. The maximum atomic E-state index is 12.7. The van der Waals surface area contributed by atoms with Gasteiger partial charge in [0.2, 0.25) is 0 Å². The molecule has 0 radical (unpaired) electrons. The van der Waals surface area contributed by atoms with Crippen LogP contribution in [-0.4, -0.2) is 44.0 Å². The first kappa shape index (κ1) is 23.3. The van der Waals surface area contributed by atoms with Crippen molar-refractivity contribution in [3.8, 4) is 11.5 Å². The summed E-state index contributed by atoms with van der Waals surface area (Å²) in [6.07, 6.45) is -5.38. The average molecular weight is 425 g/mol. The topological polar surface area (TPSA) is 75.1 Å². The van der Waals surface area contributed by atoms with Gasteiger partial charge in [-0.15, -0.1) is 0 Å². The second-order valence-corrected chi connectivity index (χ2v) is 6.41. The van der Waals surface area contributed by atoms with Crippen LogP contribution in [0.4, 0.5) is 13.2 Å². The number of aliphatic hydroxyl groups is 1. The smallest absolute Gasteiger partial charge is 0.416 e. The molecular weight excluding hydrogens is 399 g/mol. The van der Waals surface area contributed by atoms with Gasteiger partial charge in [-0.25, -0.2) is 4.99 Å². The number of benzene rings is 2. The highest BCUT2D eigenvalue weighted by atomic mass is 19.4. The molecule has 2 aromatic carbocycles. The molecule has 30 heavy (non-hydrogen) atoms. The standard InChI is InChI=1S/C21H26F3N3O3/c1-3-25-20(26-12-15-7-9-18(29-2)10-8-15)27-13-17(28)14-30-19-6-4-5-16(11-19)21(22,23)24/h4-11,17,28H,3,12-14H2,1-2H3,(H2,25,26,27). The molecular formula is C21H26F3N3O3. The van der Waals surface area contributed by atoms with Crippen LogP contribution >= 0.6 is 0 Å². The van der Waals surface area contributed by atoms with E-state index in [4.69, 9.17) is 9.47 Å². The first-order chi connectivity index (χ1) is 14.3. The third-order valence-electron chi connectivity index (χ3n) is 4.03. The highest BCUT2D eigenvalue weighted by Crippen LogP contribution is 2.31. The van der Waals surface area contributed by atoms with Crippen molar-refractivity contribution in [2.75, 3.05) is 26.8 Å². The van der Waals surface area contributed by atoms with Crippen molar-refractivity contribution in [3.63, 3.8) is 0 Å². The molecule has 164 valence electrons. The Morgan fingerprint density at radius 3 is 2.47 bits per heavy atom. The quantitative estimate of drug-likeness (QED) is 0.425. The van der Waals surface area contributed by atoms with Gasteiger partial charge in [0.15, 0.2) is 5.96 Å². The van der Waals surface area contributed by atoms with Crippen LogP contribution in [0.1, 0.15) is 18.1 Å². The minimum Gasteiger partial charge on any atom is -0.497 e. The van der Waals surface area contributed by atoms with Gasteiger partial charge in [0.25, 0.3) is 0 Å². The zero-order valence-electron chi connectivity index (χ0n) is 16.9. The van der Waals surface area contributed by atoms with Gasteiger partial charge in [0, 0.05) is 13.1 Å². The van der Waals surface area contributed by atoms with Crippen molar-refractivity contribution in [1.29, 1.82) is 0 Å². The van der Waals surface area contributed by atoms with E-state index in [1.807, 2.05) is 31.2 Å². The molecule has 6 nitrogen and oxygen atoms in total. The van der Waals surface area contributed by atoms with Crippen molar-refractivity contribution < 1.29 is 27.8 Å². The predicted molar refractivity (Wildman–Crippen MR) is 109 cm³/mol. The normalized spacial score (nSPS) is 12.9. The van der Waals surface area contributed by atoms with Crippen LogP contribution in [0.25, 0.3) is 0 Å². The molecule has 1 atom stereocenters. The van der Waals surface area contributed by atoms with E-state index in [1.54, 1.807) is 7.11 Å². The van der Waals surface area contributed by atoms with Gasteiger partial charge in [-0.1, -0.05) is 18.2 Å². The van der Waals surface area contributed by atoms with E-state index >= 15 is 0 Å². The molecule has 0 aliphatic rings. The minimum absolute atomic E-state index is 0.0453. The highest BCUT2D eigenvalue weighted by molar-refractivity contribution is 5.79. The zero-order chi connectivity index (χ0) is 22.0. The Balaban J connectivity index is 1.84. The fourth-order valence-electron chi connectivity index (χ4n) is 2.47. The summed E-state index contributed by atoms with van der Waals surface area (Å²) >= 11 is 0. The number of nitrogens with zero attached hydrogens (tertiary/aromatic N) is 1. The molecule has 0 aromatic heterocycles. The number of halogens is 3. The Morgan fingerprint density at radius 2 is 1.83 bits per heavy atom. The van der Waals surface area contributed by atoms with E-state index in [0.29, 0.717) is 19.0 Å². The minimum atomic E-state index is -4.44. The number of nitrogens with one attached hydrogen (secondary N) is 2. The lowest BCUT2D eigenvalue weighted by Crippen LogP contribution is -2.42. The van der Waals surface area contributed by atoms with Crippen molar-refractivity contribution in [3.05, 3.63) is 59.7 Å². The average Bonchev–Trinajstić information content (AvgIpc) is 2.74. The maximum Gasteiger partial charge on any atom is 0.416 e. The molecule has 2 aromatic rings. The Morgan fingerprint density at radius 1 is 1.10 bits per heavy atom. The maximum absolute atomic E-state index is 12.7. The number of hydrogen-bond acceptors (Lipinski definition) is 4. The number of aliphatic hydroxyl groups excluding tert-OH is 1. The summed E-state index contributed by atoms with van der Waals surface area (Å²) in [5, 5.41) is 16.1. The van der Waals surface area contributed by atoms with Crippen LogP contribution in [0, 0.1) is 0 Å². The number of aliphatic imine (C=N–C) groups is 1. The second kappa shape index (κ2) is 11.3. The van der Waals surface area contributed by atoms with Gasteiger partial charge >= 0.3 is 6.18 Å². The van der Waals surface area contributed by atoms with Crippen molar-refractivity contribution in [2.45, 2.75) is 25.7 Å². The van der Waals surface area contributed by atoms with Crippen LogP contribution in [0.15, 0.2) is 53.5 Å². The zero-order valence-corrected chi connectivity index (χ0v) is 16.9. The van der Waals surface area contributed by atoms with E-state index < -0.39 is 17.8 Å². The number of rotatable bonds is 9. The SMILES string of the molecule is CCNC(=NCc1ccc(OC)cc1)NCC(O)COc1cccc(C(F)(F)F)c1. The summed E-state index contributed by atoms with van der Waals surface area (Å²) in [6, 6.07) is 12.1. The Hall–Kier alpha value is -2.94. The Bertz CT molecular complexity index is 811. The van der Waals surface area contributed by atoms with Gasteiger partial charge in [-0.05, 0) is 42.8 Å². The third kappa shape index (κ3) is 7.82. The first-order valence-corrected chi connectivity index (χ1v) is 9.45. The molecule has 0 heterocycles. The van der Waals surface area contributed by atoms with Crippen LogP contribution in [0.3, 0.4) is 0 Å². The van der Waals surface area contributed by atoms with E-state index in [-0.39, 0.29) is 18.9 Å². The fourth-order valence-corrected chi connectivity index (χ4v) is 2.47. The van der Waals surface area contributed by atoms with Gasteiger partial charge in [-0.2, -0.15) is 13.2 Å². The number of guanidine groups is 1. The molecule has 3 N–H and O–H groups in total. The van der Waals surface area contributed by atoms with E-state index in [9.17, 15) is 18.3 Å². The van der Waals surface area contributed by atoms with E-state index in [2.05, 4.69) is 15.6 Å². The lowest BCUT2D eigenvalue weighted by atomic mass is 10.2. The molecule has 0 saturated heterocycles. The van der Waals surface area contributed by atoms with Crippen molar-refractivity contribution in [2.24, 2.45) is 4.99 Å². The predicted octanol–water partition coefficient (Wildman–Crippen LogP) is 3.21. The molecule has 0 amide bonds. The largest absolute Gasteiger partial charge is 0.497 e.